The van der Waals surface area contributed by atoms with Crippen LogP contribution in [0, 0.1) is 11.7 Å². The largest absolute Gasteiger partial charge is 0.341 e. The van der Waals surface area contributed by atoms with Gasteiger partial charge >= 0.3 is 0 Å². The normalized spacial score (nSPS) is 26.4. The first-order valence-corrected chi connectivity index (χ1v) is 8.13. The van der Waals surface area contributed by atoms with E-state index in [0.717, 1.165) is 44.5 Å². The molecule has 0 aliphatic carbocycles. The maximum Gasteiger partial charge on any atom is 0.227 e. The number of rotatable bonds is 3. The molecule has 1 aromatic rings. The van der Waals surface area contributed by atoms with Crippen LogP contribution in [0.1, 0.15) is 24.8 Å². The Morgan fingerprint density at radius 3 is 2.86 bits per heavy atom. The summed E-state index contributed by atoms with van der Waals surface area (Å²) in [7, 11) is 0. The Morgan fingerprint density at radius 1 is 1.27 bits per heavy atom. The summed E-state index contributed by atoms with van der Waals surface area (Å²) in [5.74, 6) is 0.109. The number of piperidine rings is 1. The van der Waals surface area contributed by atoms with E-state index in [1.807, 2.05) is 11.0 Å². The van der Waals surface area contributed by atoms with Gasteiger partial charge in [0.15, 0.2) is 0 Å². The van der Waals surface area contributed by atoms with Gasteiger partial charge in [0, 0.05) is 32.2 Å². The Labute approximate surface area is 131 Å². The van der Waals surface area contributed by atoms with Crippen molar-refractivity contribution >= 4 is 5.91 Å². The topological polar surface area (TPSA) is 49.6 Å². The Hall–Kier alpha value is -1.46. The van der Waals surface area contributed by atoms with Crippen LogP contribution in [-0.2, 0) is 11.3 Å². The van der Waals surface area contributed by atoms with Crippen molar-refractivity contribution in [1.82, 2.24) is 9.80 Å². The van der Waals surface area contributed by atoms with Crippen molar-refractivity contribution in [3.05, 3.63) is 35.6 Å². The molecule has 4 nitrogen and oxygen atoms in total. The lowest BCUT2D eigenvalue weighted by molar-refractivity contribution is -0.136. The van der Waals surface area contributed by atoms with Crippen LogP contribution in [-0.4, -0.2) is 47.9 Å². The third-order valence-electron chi connectivity index (χ3n) is 4.69. The summed E-state index contributed by atoms with van der Waals surface area (Å²) in [5, 5.41) is 0. The van der Waals surface area contributed by atoms with Crippen LogP contribution in [0.25, 0.3) is 0 Å². The van der Waals surface area contributed by atoms with Crippen LogP contribution in [0.15, 0.2) is 24.3 Å². The molecule has 120 valence electrons. The third-order valence-corrected chi connectivity index (χ3v) is 4.69. The minimum absolute atomic E-state index is 0.0626. The number of carbonyl (C=O) groups is 1. The van der Waals surface area contributed by atoms with E-state index in [-0.39, 0.29) is 23.7 Å². The molecule has 2 aliphatic heterocycles. The fourth-order valence-corrected chi connectivity index (χ4v) is 3.54. The first-order chi connectivity index (χ1) is 10.6. The molecule has 2 aliphatic rings. The standard InChI is InChI=1S/C17H24FN3O/c18-15-5-1-3-13(9-15)10-20-7-2-4-14(11-20)17(22)21-8-6-16(19)12-21/h1,3,5,9,14,16H,2,4,6-8,10-12,19H2/t14?,16-/m1/s1. The number of nitrogens with two attached hydrogens (primary N) is 1. The van der Waals surface area contributed by atoms with E-state index >= 15 is 0 Å². The Morgan fingerprint density at radius 2 is 2.14 bits per heavy atom. The molecule has 1 unspecified atom stereocenters. The summed E-state index contributed by atoms with van der Waals surface area (Å²) in [6.07, 6.45) is 2.88. The highest BCUT2D eigenvalue weighted by atomic mass is 19.1. The molecule has 2 heterocycles. The van der Waals surface area contributed by atoms with Crippen LogP contribution in [0.5, 0.6) is 0 Å². The number of hydrogen-bond acceptors (Lipinski definition) is 3. The molecule has 1 aromatic carbocycles. The van der Waals surface area contributed by atoms with Crippen molar-refractivity contribution in [3.8, 4) is 0 Å². The fraction of sp³-hybridized carbons (Fsp3) is 0.588. The highest BCUT2D eigenvalue weighted by Gasteiger charge is 2.32. The Balaban J connectivity index is 1.58. The summed E-state index contributed by atoms with van der Waals surface area (Å²) in [5.41, 5.74) is 6.87. The predicted molar refractivity (Wildman–Crippen MR) is 83.6 cm³/mol. The highest BCUT2D eigenvalue weighted by molar-refractivity contribution is 5.79. The van der Waals surface area contributed by atoms with Gasteiger partial charge in [0.25, 0.3) is 0 Å². The van der Waals surface area contributed by atoms with Gasteiger partial charge in [-0.25, -0.2) is 4.39 Å². The molecule has 0 saturated carbocycles. The van der Waals surface area contributed by atoms with Crippen LogP contribution in [0.4, 0.5) is 4.39 Å². The number of amides is 1. The molecule has 3 rings (SSSR count). The zero-order chi connectivity index (χ0) is 15.5. The number of carbonyl (C=O) groups excluding carboxylic acids is 1. The van der Waals surface area contributed by atoms with E-state index in [1.54, 1.807) is 12.1 Å². The molecule has 0 radical (unpaired) electrons. The predicted octanol–water partition coefficient (Wildman–Crippen LogP) is 1.60. The van der Waals surface area contributed by atoms with Crippen molar-refractivity contribution in [2.75, 3.05) is 26.2 Å². The minimum atomic E-state index is -0.201. The molecule has 2 saturated heterocycles. The van der Waals surface area contributed by atoms with Gasteiger partial charge in [-0.1, -0.05) is 12.1 Å². The number of likely N-dealkylation sites (tertiary alicyclic amines) is 2. The summed E-state index contributed by atoms with van der Waals surface area (Å²) in [6, 6.07) is 6.85. The van der Waals surface area contributed by atoms with Gasteiger partial charge in [0.2, 0.25) is 5.91 Å². The second kappa shape index (κ2) is 6.75. The van der Waals surface area contributed by atoms with Gasteiger partial charge in [-0.3, -0.25) is 9.69 Å². The second-order valence-electron chi connectivity index (χ2n) is 6.54. The molecule has 2 N–H and O–H groups in total. The first-order valence-electron chi connectivity index (χ1n) is 8.13. The number of benzene rings is 1. The summed E-state index contributed by atoms with van der Waals surface area (Å²) in [4.78, 5) is 16.8. The number of nitrogens with zero attached hydrogens (tertiary/aromatic N) is 2. The Kier molecular flexibility index (Phi) is 4.74. The van der Waals surface area contributed by atoms with E-state index < -0.39 is 0 Å². The SMILES string of the molecule is N[C@@H]1CCN(C(=O)C2CCCN(Cc3cccc(F)c3)C2)C1. The second-order valence-corrected chi connectivity index (χ2v) is 6.54. The molecule has 5 heteroatoms. The van der Waals surface area contributed by atoms with E-state index in [0.29, 0.717) is 13.1 Å². The quantitative estimate of drug-likeness (QED) is 0.923. The maximum atomic E-state index is 13.3. The van der Waals surface area contributed by atoms with Gasteiger partial charge in [-0.15, -0.1) is 0 Å². The highest BCUT2D eigenvalue weighted by Crippen LogP contribution is 2.22. The van der Waals surface area contributed by atoms with Gasteiger partial charge in [0.1, 0.15) is 5.82 Å². The van der Waals surface area contributed by atoms with Gasteiger partial charge in [-0.2, -0.15) is 0 Å². The molecule has 2 fully saturated rings. The van der Waals surface area contributed by atoms with E-state index in [1.165, 1.54) is 6.07 Å². The molecule has 0 aromatic heterocycles. The Bertz CT molecular complexity index is 536. The van der Waals surface area contributed by atoms with Crippen LogP contribution < -0.4 is 5.73 Å². The van der Waals surface area contributed by atoms with E-state index in [9.17, 15) is 9.18 Å². The molecular weight excluding hydrogens is 281 g/mol. The van der Waals surface area contributed by atoms with E-state index in [4.69, 9.17) is 5.73 Å². The van der Waals surface area contributed by atoms with Gasteiger partial charge < -0.3 is 10.6 Å². The maximum absolute atomic E-state index is 13.3. The van der Waals surface area contributed by atoms with Crippen LogP contribution in [0.2, 0.25) is 0 Å². The molecule has 0 spiro atoms. The smallest absolute Gasteiger partial charge is 0.227 e. The van der Waals surface area contributed by atoms with Gasteiger partial charge in [-0.05, 0) is 43.5 Å². The number of halogens is 1. The molecule has 1 amide bonds. The monoisotopic (exact) mass is 305 g/mol. The zero-order valence-corrected chi connectivity index (χ0v) is 12.9. The summed E-state index contributed by atoms with van der Waals surface area (Å²) >= 11 is 0. The van der Waals surface area contributed by atoms with E-state index in [2.05, 4.69) is 4.90 Å². The van der Waals surface area contributed by atoms with Crippen molar-refractivity contribution in [1.29, 1.82) is 0 Å². The fourth-order valence-electron chi connectivity index (χ4n) is 3.54. The van der Waals surface area contributed by atoms with Crippen LogP contribution >= 0.6 is 0 Å². The minimum Gasteiger partial charge on any atom is -0.341 e. The molecule has 2 atom stereocenters. The van der Waals surface area contributed by atoms with Crippen molar-refractivity contribution in [2.45, 2.75) is 31.8 Å². The lowest BCUT2D eigenvalue weighted by Gasteiger charge is -2.34. The van der Waals surface area contributed by atoms with Crippen molar-refractivity contribution < 1.29 is 9.18 Å². The average molecular weight is 305 g/mol. The van der Waals surface area contributed by atoms with Crippen molar-refractivity contribution in [3.63, 3.8) is 0 Å². The molecular formula is C17H24FN3O. The lowest BCUT2D eigenvalue weighted by atomic mass is 9.96. The number of hydrogen-bond donors (Lipinski definition) is 1. The molecule has 0 bridgehead atoms. The van der Waals surface area contributed by atoms with Crippen LogP contribution in [0.3, 0.4) is 0 Å². The zero-order valence-electron chi connectivity index (χ0n) is 12.9. The lowest BCUT2D eigenvalue weighted by Crippen LogP contribution is -2.44. The summed E-state index contributed by atoms with van der Waals surface area (Å²) in [6.45, 7) is 3.93. The average Bonchev–Trinajstić information content (AvgIpc) is 2.93. The van der Waals surface area contributed by atoms with Crippen molar-refractivity contribution in [2.24, 2.45) is 11.7 Å². The third kappa shape index (κ3) is 3.65. The molecule has 22 heavy (non-hydrogen) atoms. The first kappa shape index (κ1) is 15.4. The summed E-state index contributed by atoms with van der Waals surface area (Å²) < 4.78 is 13.3. The van der Waals surface area contributed by atoms with Gasteiger partial charge in [0.05, 0.1) is 5.92 Å².